The van der Waals surface area contributed by atoms with Crippen LogP contribution in [0.2, 0.25) is 10.0 Å². The van der Waals surface area contributed by atoms with E-state index >= 15 is 0 Å². The Kier molecular flexibility index (Phi) is 7.57. The fourth-order valence-electron chi connectivity index (χ4n) is 3.71. The van der Waals surface area contributed by atoms with Gasteiger partial charge in [0, 0.05) is 22.6 Å². The Morgan fingerprint density at radius 1 is 1.10 bits per heavy atom. The molecule has 0 heterocycles. The lowest BCUT2D eigenvalue weighted by Gasteiger charge is -2.30. The van der Waals surface area contributed by atoms with Crippen LogP contribution in [0.1, 0.15) is 43.7 Å². The average Bonchev–Trinajstić information content (AvgIpc) is 3.19. The van der Waals surface area contributed by atoms with Crippen molar-refractivity contribution in [2.45, 2.75) is 57.7 Å². The van der Waals surface area contributed by atoms with E-state index < -0.39 is 6.04 Å². The Balaban J connectivity index is 1.78. The van der Waals surface area contributed by atoms with Crippen molar-refractivity contribution >= 4 is 35.0 Å². The van der Waals surface area contributed by atoms with Gasteiger partial charge in [0.2, 0.25) is 11.8 Å². The summed E-state index contributed by atoms with van der Waals surface area (Å²) in [5.74, 6) is -0.260. The molecule has 1 atom stereocenters. The maximum absolute atomic E-state index is 13.2. The zero-order valence-electron chi connectivity index (χ0n) is 16.5. The van der Waals surface area contributed by atoms with Gasteiger partial charge >= 0.3 is 0 Å². The Labute approximate surface area is 182 Å². The first kappa shape index (κ1) is 21.7. The smallest absolute Gasteiger partial charge is 0.242 e. The van der Waals surface area contributed by atoms with Gasteiger partial charge in [-0.05, 0) is 49.1 Å². The lowest BCUT2D eigenvalue weighted by Crippen LogP contribution is -2.50. The number of amides is 2. The summed E-state index contributed by atoms with van der Waals surface area (Å²) in [6.07, 6.45) is 4.44. The van der Waals surface area contributed by atoms with Crippen LogP contribution in [0.3, 0.4) is 0 Å². The van der Waals surface area contributed by atoms with E-state index in [2.05, 4.69) is 5.32 Å². The lowest BCUT2D eigenvalue weighted by atomic mass is 10.1. The van der Waals surface area contributed by atoms with E-state index in [1.807, 2.05) is 30.3 Å². The van der Waals surface area contributed by atoms with Gasteiger partial charge in [-0.15, -0.1) is 0 Å². The van der Waals surface area contributed by atoms with E-state index in [4.69, 9.17) is 23.2 Å². The molecule has 2 amide bonds. The summed E-state index contributed by atoms with van der Waals surface area (Å²) in [6.45, 7) is 2.05. The maximum atomic E-state index is 13.2. The Bertz CT molecular complexity index is 865. The van der Waals surface area contributed by atoms with Crippen LogP contribution < -0.4 is 5.32 Å². The van der Waals surface area contributed by atoms with Crippen LogP contribution in [-0.4, -0.2) is 28.8 Å². The van der Waals surface area contributed by atoms with Gasteiger partial charge in [-0.25, -0.2) is 0 Å². The second kappa shape index (κ2) is 10.1. The highest BCUT2D eigenvalue weighted by Gasteiger charge is 2.28. The maximum Gasteiger partial charge on any atom is 0.242 e. The van der Waals surface area contributed by atoms with E-state index in [0.717, 1.165) is 36.8 Å². The molecule has 0 radical (unpaired) electrons. The van der Waals surface area contributed by atoms with Gasteiger partial charge < -0.3 is 10.2 Å². The number of benzene rings is 2. The number of nitrogens with one attached hydrogen (secondary N) is 1. The fourth-order valence-corrected chi connectivity index (χ4v) is 4.12. The summed E-state index contributed by atoms with van der Waals surface area (Å²) in [5, 5.41) is 4.26. The molecule has 2 aromatic rings. The molecule has 29 heavy (non-hydrogen) atoms. The summed E-state index contributed by atoms with van der Waals surface area (Å²) in [7, 11) is 0. The molecule has 2 aromatic carbocycles. The molecule has 0 saturated heterocycles. The van der Waals surface area contributed by atoms with E-state index in [-0.39, 0.29) is 30.8 Å². The van der Waals surface area contributed by atoms with Crippen molar-refractivity contribution in [3.63, 3.8) is 0 Å². The molecule has 6 heteroatoms. The molecule has 4 nitrogen and oxygen atoms in total. The largest absolute Gasteiger partial charge is 0.352 e. The Hall–Kier alpha value is -2.04. The molecule has 0 spiro atoms. The van der Waals surface area contributed by atoms with Gasteiger partial charge in [-0.3, -0.25) is 9.59 Å². The van der Waals surface area contributed by atoms with Crippen molar-refractivity contribution < 1.29 is 9.59 Å². The molecule has 1 aliphatic rings. The predicted octanol–water partition coefficient (Wildman–Crippen LogP) is 5.01. The van der Waals surface area contributed by atoms with Gasteiger partial charge in [0.05, 0.1) is 6.42 Å². The highest BCUT2D eigenvalue weighted by Crippen LogP contribution is 2.21. The molecule has 1 N–H and O–H groups in total. The highest BCUT2D eigenvalue weighted by atomic mass is 35.5. The number of halogens is 2. The third kappa shape index (κ3) is 5.97. The van der Waals surface area contributed by atoms with Crippen LogP contribution in [0.25, 0.3) is 0 Å². The van der Waals surface area contributed by atoms with Crippen LogP contribution >= 0.6 is 23.2 Å². The molecule has 154 valence electrons. The number of hydrogen-bond donors (Lipinski definition) is 1. The zero-order valence-corrected chi connectivity index (χ0v) is 18.0. The van der Waals surface area contributed by atoms with Crippen LogP contribution in [0.4, 0.5) is 0 Å². The van der Waals surface area contributed by atoms with E-state index in [0.29, 0.717) is 10.0 Å². The van der Waals surface area contributed by atoms with Crippen molar-refractivity contribution in [3.8, 4) is 0 Å². The molecule has 1 saturated carbocycles. The zero-order chi connectivity index (χ0) is 20.8. The lowest BCUT2D eigenvalue weighted by molar-refractivity contribution is -0.140. The Morgan fingerprint density at radius 3 is 2.52 bits per heavy atom. The fraction of sp³-hybridized carbons (Fsp3) is 0.391. The third-order valence-electron chi connectivity index (χ3n) is 5.41. The molecule has 1 aliphatic carbocycles. The summed E-state index contributed by atoms with van der Waals surface area (Å²) in [6, 6.07) is 14.2. The van der Waals surface area contributed by atoms with Gasteiger partial charge in [0.1, 0.15) is 6.04 Å². The third-order valence-corrected chi connectivity index (χ3v) is 6.02. The van der Waals surface area contributed by atoms with Gasteiger partial charge in [0.25, 0.3) is 0 Å². The van der Waals surface area contributed by atoms with Gasteiger partial charge in [-0.1, -0.05) is 66.4 Å². The minimum Gasteiger partial charge on any atom is -0.352 e. The SMILES string of the molecule is C[C@H](C(=O)NC1CCCC1)N(Cc1ccccc1Cl)C(=O)Cc1cccc(Cl)c1. The van der Waals surface area contributed by atoms with E-state index in [1.165, 1.54) is 0 Å². The normalized spacial score (nSPS) is 15.1. The second-order valence-corrected chi connectivity index (χ2v) is 8.43. The number of carbonyl (C=O) groups is 2. The summed E-state index contributed by atoms with van der Waals surface area (Å²) < 4.78 is 0. The van der Waals surface area contributed by atoms with E-state index in [1.54, 1.807) is 30.0 Å². The molecular weight excluding hydrogens is 407 g/mol. The summed E-state index contributed by atoms with van der Waals surface area (Å²) >= 11 is 12.4. The first-order chi connectivity index (χ1) is 13.9. The minimum atomic E-state index is -0.599. The number of carbonyl (C=O) groups excluding carboxylic acids is 2. The first-order valence-corrected chi connectivity index (χ1v) is 10.8. The quantitative estimate of drug-likeness (QED) is 0.667. The predicted molar refractivity (Wildman–Crippen MR) is 117 cm³/mol. The molecule has 3 rings (SSSR count). The van der Waals surface area contributed by atoms with Crippen molar-refractivity contribution in [1.82, 2.24) is 10.2 Å². The summed E-state index contributed by atoms with van der Waals surface area (Å²) in [5.41, 5.74) is 1.63. The van der Waals surface area contributed by atoms with E-state index in [9.17, 15) is 9.59 Å². The van der Waals surface area contributed by atoms with Crippen LogP contribution in [0.15, 0.2) is 48.5 Å². The molecule has 0 aliphatic heterocycles. The first-order valence-electron chi connectivity index (χ1n) is 10.0. The highest BCUT2D eigenvalue weighted by molar-refractivity contribution is 6.31. The van der Waals surface area contributed by atoms with Crippen molar-refractivity contribution in [1.29, 1.82) is 0 Å². The van der Waals surface area contributed by atoms with Gasteiger partial charge in [0.15, 0.2) is 0 Å². The number of hydrogen-bond acceptors (Lipinski definition) is 2. The molecule has 0 aromatic heterocycles. The Morgan fingerprint density at radius 2 is 1.83 bits per heavy atom. The standard InChI is InChI=1S/C23H26Cl2N2O2/c1-16(23(29)26-20-10-3-4-11-20)27(15-18-8-2-5-12-21(18)25)22(28)14-17-7-6-9-19(24)13-17/h2,5-9,12-13,16,20H,3-4,10-11,14-15H2,1H3,(H,26,29)/t16-/m1/s1. The minimum absolute atomic E-state index is 0.122. The van der Waals surface area contributed by atoms with Crippen molar-refractivity contribution in [3.05, 3.63) is 69.7 Å². The van der Waals surface area contributed by atoms with Crippen molar-refractivity contribution in [2.24, 2.45) is 0 Å². The van der Waals surface area contributed by atoms with Crippen molar-refractivity contribution in [2.75, 3.05) is 0 Å². The topological polar surface area (TPSA) is 49.4 Å². The number of rotatable bonds is 7. The monoisotopic (exact) mass is 432 g/mol. The molecule has 1 fully saturated rings. The second-order valence-electron chi connectivity index (χ2n) is 7.59. The van der Waals surface area contributed by atoms with Crippen LogP contribution in [0, 0.1) is 0 Å². The van der Waals surface area contributed by atoms with Gasteiger partial charge in [-0.2, -0.15) is 0 Å². The van der Waals surface area contributed by atoms with Crippen LogP contribution in [0.5, 0.6) is 0 Å². The average molecular weight is 433 g/mol. The number of nitrogens with zero attached hydrogens (tertiary/aromatic N) is 1. The summed E-state index contributed by atoms with van der Waals surface area (Å²) in [4.78, 5) is 27.7. The van der Waals surface area contributed by atoms with Crippen LogP contribution in [-0.2, 0) is 22.6 Å². The molecular formula is C23H26Cl2N2O2. The molecule has 0 unspecified atom stereocenters. The molecule has 0 bridgehead atoms.